The number of nitrogens with zero attached hydrogens (tertiary/aromatic N) is 2. The number of carboxylic acids is 1. The highest BCUT2D eigenvalue weighted by Gasteiger charge is 2.36. The third-order valence-corrected chi connectivity index (χ3v) is 5.28. The minimum Gasteiger partial charge on any atom is -0.480 e. The largest absolute Gasteiger partial charge is 0.480 e. The average molecular weight is 409 g/mol. The molecule has 2 aromatic rings. The van der Waals surface area contributed by atoms with Crippen molar-refractivity contribution in [2.75, 3.05) is 6.54 Å². The summed E-state index contributed by atoms with van der Waals surface area (Å²) in [6.07, 6.45) is 1.55. The number of carboxylic acid groups (broad SMARTS) is 1. The quantitative estimate of drug-likeness (QED) is 0.773. The van der Waals surface area contributed by atoms with E-state index in [1.807, 2.05) is 24.5 Å². The van der Waals surface area contributed by atoms with Gasteiger partial charge in [0.15, 0.2) is 0 Å². The van der Waals surface area contributed by atoms with Crippen LogP contribution < -0.4 is 0 Å². The fraction of sp³-hybridized carbons (Fsp3) is 0.167. The SMILES string of the molecule is Cc1cc(/C=C2/SC(=O)N(CC(=O)O)C2=O)c(C)n1-c1ccc(F)c(Cl)c1. The van der Waals surface area contributed by atoms with Gasteiger partial charge in [0.2, 0.25) is 0 Å². The molecule has 0 atom stereocenters. The van der Waals surface area contributed by atoms with Gasteiger partial charge >= 0.3 is 5.97 Å². The lowest BCUT2D eigenvalue weighted by atomic mass is 10.2. The van der Waals surface area contributed by atoms with Crippen molar-refractivity contribution in [3.8, 4) is 5.69 Å². The smallest absolute Gasteiger partial charge is 0.323 e. The van der Waals surface area contributed by atoms with Gasteiger partial charge in [0, 0.05) is 17.1 Å². The molecular formula is C18H14ClFN2O4S. The molecule has 1 aliphatic heterocycles. The number of carbonyl (C=O) groups is 3. The van der Waals surface area contributed by atoms with Crippen molar-refractivity contribution in [1.82, 2.24) is 9.47 Å². The fourth-order valence-electron chi connectivity index (χ4n) is 2.87. The number of aromatic nitrogens is 1. The molecule has 1 aliphatic rings. The van der Waals surface area contributed by atoms with Gasteiger partial charge in [-0.05, 0) is 61.5 Å². The summed E-state index contributed by atoms with van der Waals surface area (Å²) in [4.78, 5) is 35.8. The number of halogens is 2. The molecule has 0 spiro atoms. The van der Waals surface area contributed by atoms with Gasteiger partial charge in [-0.2, -0.15) is 0 Å². The molecule has 1 N–H and O–H groups in total. The number of aliphatic carboxylic acids is 1. The first-order valence-corrected chi connectivity index (χ1v) is 9.00. The third-order valence-electron chi connectivity index (χ3n) is 4.09. The lowest BCUT2D eigenvalue weighted by Crippen LogP contribution is -2.33. The summed E-state index contributed by atoms with van der Waals surface area (Å²) in [6, 6.07) is 6.18. The lowest BCUT2D eigenvalue weighted by molar-refractivity contribution is -0.140. The highest BCUT2D eigenvalue weighted by molar-refractivity contribution is 8.18. The van der Waals surface area contributed by atoms with Gasteiger partial charge in [0.1, 0.15) is 12.4 Å². The Labute approximate surface area is 163 Å². The second-order valence-corrected chi connectivity index (χ2v) is 7.32. The van der Waals surface area contributed by atoms with Crippen LogP contribution in [0.1, 0.15) is 17.0 Å². The van der Waals surface area contributed by atoms with Crippen molar-refractivity contribution in [1.29, 1.82) is 0 Å². The van der Waals surface area contributed by atoms with Crippen LogP contribution in [-0.2, 0) is 9.59 Å². The number of amides is 2. The van der Waals surface area contributed by atoms with E-state index in [9.17, 15) is 18.8 Å². The molecule has 1 fully saturated rings. The maximum Gasteiger partial charge on any atom is 0.323 e. The van der Waals surface area contributed by atoms with E-state index in [0.717, 1.165) is 11.4 Å². The van der Waals surface area contributed by atoms with E-state index in [1.54, 1.807) is 12.1 Å². The molecule has 0 unspecified atom stereocenters. The van der Waals surface area contributed by atoms with E-state index in [0.29, 0.717) is 27.9 Å². The minimum absolute atomic E-state index is 0.00339. The molecule has 1 saturated heterocycles. The predicted octanol–water partition coefficient (Wildman–Crippen LogP) is 4.01. The predicted molar refractivity (Wildman–Crippen MR) is 101 cm³/mol. The van der Waals surface area contributed by atoms with Crippen molar-refractivity contribution >= 4 is 46.6 Å². The molecule has 3 rings (SSSR count). The summed E-state index contributed by atoms with van der Waals surface area (Å²) < 4.78 is 15.3. The Morgan fingerprint density at radius 3 is 2.63 bits per heavy atom. The van der Waals surface area contributed by atoms with Crippen LogP contribution >= 0.6 is 23.4 Å². The first-order valence-electron chi connectivity index (χ1n) is 7.80. The van der Waals surface area contributed by atoms with Crippen molar-refractivity contribution in [2.24, 2.45) is 0 Å². The molecule has 140 valence electrons. The molecule has 2 amide bonds. The number of hydrogen-bond acceptors (Lipinski definition) is 4. The highest BCUT2D eigenvalue weighted by Crippen LogP contribution is 2.33. The Kier molecular flexibility index (Phi) is 5.12. The monoisotopic (exact) mass is 408 g/mol. The average Bonchev–Trinajstić information content (AvgIpc) is 3.01. The van der Waals surface area contributed by atoms with Crippen molar-refractivity contribution in [2.45, 2.75) is 13.8 Å². The molecule has 27 heavy (non-hydrogen) atoms. The van der Waals surface area contributed by atoms with Gasteiger partial charge < -0.3 is 9.67 Å². The second-order valence-electron chi connectivity index (χ2n) is 5.92. The van der Waals surface area contributed by atoms with Gasteiger partial charge in [-0.15, -0.1) is 0 Å². The van der Waals surface area contributed by atoms with Crippen LogP contribution in [0.2, 0.25) is 5.02 Å². The first kappa shape index (κ1) is 19.2. The summed E-state index contributed by atoms with van der Waals surface area (Å²) in [5.74, 6) is -2.41. The van der Waals surface area contributed by atoms with Gasteiger partial charge in [0.25, 0.3) is 11.1 Å². The first-order chi connectivity index (χ1) is 12.7. The molecule has 0 aliphatic carbocycles. The molecule has 1 aromatic carbocycles. The number of rotatable bonds is 4. The van der Waals surface area contributed by atoms with Crippen LogP contribution in [-0.4, -0.2) is 38.2 Å². The van der Waals surface area contributed by atoms with Crippen LogP contribution in [0.15, 0.2) is 29.2 Å². The number of thioether (sulfide) groups is 1. The number of aryl methyl sites for hydroxylation is 1. The van der Waals surface area contributed by atoms with Crippen LogP contribution in [0.5, 0.6) is 0 Å². The van der Waals surface area contributed by atoms with Gasteiger partial charge in [0.05, 0.1) is 9.93 Å². The lowest BCUT2D eigenvalue weighted by Gasteiger charge is -2.10. The molecule has 0 radical (unpaired) electrons. The van der Waals surface area contributed by atoms with Gasteiger partial charge in [-0.3, -0.25) is 19.3 Å². The van der Waals surface area contributed by atoms with E-state index in [2.05, 4.69) is 0 Å². The van der Waals surface area contributed by atoms with Crippen molar-refractivity contribution < 1.29 is 23.9 Å². The molecular weight excluding hydrogens is 395 g/mol. The van der Waals surface area contributed by atoms with Crippen LogP contribution in [0.4, 0.5) is 9.18 Å². The molecule has 2 heterocycles. The Hall–Kier alpha value is -2.58. The topological polar surface area (TPSA) is 79.6 Å². The summed E-state index contributed by atoms with van der Waals surface area (Å²) in [7, 11) is 0. The molecule has 0 saturated carbocycles. The van der Waals surface area contributed by atoms with Crippen LogP contribution in [0.3, 0.4) is 0 Å². The van der Waals surface area contributed by atoms with Crippen LogP contribution in [0.25, 0.3) is 11.8 Å². The van der Waals surface area contributed by atoms with E-state index in [-0.39, 0.29) is 9.93 Å². The van der Waals surface area contributed by atoms with E-state index >= 15 is 0 Å². The second kappa shape index (κ2) is 7.21. The van der Waals surface area contributed by atoms with Gasteiger partial charge in [-0.25, -0.2) is 4.39 Å². The van der Waals surface area contributed by atoms with E-state index in [1.165, 1.54) is 12.1 Å². The van der Waals surface area contributed by atoms with Crippen molar-refractivity contribution in [3.63, 3.8) is 0 Å². The third kappa shape index (κ3) is 3.63. The number of benzene rings is 1. The number of imide groups is 1. The maximum atomic E-state index is 13.4. The standard InChI is InChI=1S/C18H14ClFN2O4S/c1-9-5-11(6-15-17(25)21(8-16(23)24)18(26)27-15)10(2)22(9)12-3-4-14(20)13(19)7-12/h3-7H,8H2,1-2H3,(H,23,24)/b15-6+. The number of carbonyl (C=O) groups excluding carboxylic acids is 2. The zero-order chi connectivity index (χ0) is 19.9. The maximum absolute atomic E-state index is 13.4. The normalized spacial score (nSPS) is 15.9. The van der Waals surface area contributed by atoms with Crippen molar-refractivity contribution in [3.05, 3.63) is 57.0 Å². The molecule has 1 aromatic heterocycles. The minimum atomic E-state index is -1.26. The van der Waals surface area contributed by atoms with Gasteiger partial charge in [-0.1, -0.05) is 11.6 Å². The Morgan fingerprint density at radius 1 is 1.30 bits per heavy atom. The summed E-state index contributed by atoms with van der Waals surface area (Å²) in [6.45, 7) is 2.99. The van der Waals surface area contributed by atoms with E-state index < -0.39 is 29.5 Å². The molecule has 9 heteroatoms. The highest BCUT2D eigenvalue weighted by atomic mass is 35.5. The molecule has 0 bridgehead atoms. The Bertz CT molecular complexity index is 1020. The van der Waals surface area contributed by atoms with Crippen LogP contribution in [0, 0.1) is 19.7 Å². The summed E-state index contributed by atoms with van der Waals surface area (Å²) >= 11 is 6.56. The van der Waals surface area contributed by atoms with E-state index in [4.69, 9.17) is 16.7 Å². The summed E-state index contributed by atoms with van der Waals surface area (Å²) in [5, 5.41) is 8.20. The summed E-state index contributed by atoms with van der Waals surface area (Å²) in [5.41, 5.74) is 2.94. The number of hydrogen-bond donors (Lipinski definition) is 1. The molecule has 6 nitrogen and oxygen atoms in total. The zero-order valence-corrected chi connectivity index (χ0v) is 15.9. The fourth-order valence-corrected chi connectivity index (χ4v) is 3.87. The Balaban J connectivity index is 1.99. The zero-order valence-electron chi connectivity index (χ0n) is 14.3. The Morgan fingerprint density at radius 2 is 2.00 bits per heavy atom.